The van der Waals surface area contributed by atoms with Crippen LogP contribution in [0.4, 0.5) is 0 Å². The molecule has 0 fully saturated rings. The molecule has 146 valence electrons. The number of fused-ring (bicyclic) bond motifs is 1. The van der Waals surface area contributed by atoms with Crippen molar-refractivity contribution >= 4 is 40.2 Å². The van der Waals surface area contributed by atoms with Gasteiger partial charge in [0, 0.05) is 21.8 Å². The molecule has 6 heteroatoms. The van der Waals surface area contributed by atoms with Crippen molar-refractivity contribution in [3.05, 3.63) is 94.6 Å². The Bertz CT molecular complexity index is 1190. The fraction of sp³-hybridized carbons (Fsp3) is 0.0870. The molecule has 0 radical (unpaired) electrons. The SMILES string of the molecule is NC(=O)c1c(Sc2ccccc2)c2cc(Cl)ccc2n1Cc1cccc(CO)c1. The van der Waals surface area contributed by atoms with E-state index in [4.69, 9.17) is 17.3 Å². The van der Waals surface area contributed by atoms with Crippen molar-refractivity contribution in [2.24, 2.45) is 5.73 Å². The number of benzene rings is 3. The highest BCUT2D eigenvalue weighted by Gasteiger charge is 2.22. The van der Waals surface area contributed by atoms with Crippen LogP contribution in [-0.2, 0) is 13.2 Å². The molecule has 0 aliphatic rings. The van der Waals surface area contributed by atoms with E-state index < -0.39 is 5.91 Å². The molecule has 3 aromatic carbocycles. The minimum atomic E-state index is -0.492. The summed E-state index contributed by atoms with van der Waals surface area (Å²) in [6, 6.07) is 23.1. The molecule has 29 heavy (non-hydrogen) atoms. The van der Waals surface area contributed by atoms with Crippen molar-refractivity contribution in [2.75, 3.05) is 0 Å². The van der Waals surface area contributed by atoms with Crippen molar-refractivity contribution in [2.45, 2.75) is 22.9 Å². The molecular weight excluding hydrogens is 404 g/mol. The van der Waals surface area contributed by atoms with E-state index >= 15 is 0 Å². The summed E-state index contributed by atoms with van der Waals surface area (Å²) in [4.78, 5) is 14.3. The molecule has 1 heterocycles. The third-order valence-corrected chi connectivity index (χ3v) is 6.05. The van der Waals surface area contributed by atoms with E-state index in [0.29, 0.717) is 17.3 Å². The predicted octanol–water partition coefficient (Wildman–Crippen LogP) is 5.09. The summed E-state index contributed by atoms with van der Waals surface area (Å²) in [5, 5.41) is 10.9. The van der Waals surface area contributed by atoms with Gasteiger partial charge in [-0.25, -0.2) is 0 Å². The van der Waals surface area contributed by atoms with Gasteiger partial charge in [0.05, 0.1) is 17.0 Å². The summed E-state index contributed by atoms with van der Waals surface area (Å²) in [5.74, 6) is -0.492. The van der Waals surface area contributed by atoms with Gasteiger partial charge in [-0.05, 0) is 41.5 Å². The number of carbonyl (C=O) groups excluding carboxylic acids is 1. The first-order valence-electron chi connectivity index (χ1n) is 9.10. The molecule has 4 nitrogen and oxygen atoms in total. The molecule has 1 aromatic heterocycles. The molecule has 4 aromatic rings. The topological polar surface area (TPSA) is 68.2 Å². The standard InChI is InChI=1S/C23H19ClN2O2S/c24-17-9-10-20-19(12-17)22(29-18-7-2-1-3-8-18)21(23(25)28)26(20)13-15-5-4-6-16(11-15)14-27/h1-12,27H,13-14H2,(H2,25,28). The summed E-state index contributed by atoms with van der Waals surface area (Å²) in [6.07, 6.45) is 0. The lowest BCUT2D eigenvalue weighted by atomic mass is 10.1. The number of aliphatic hydroxyl groups is 1. The molecule has 0 unspecified atom stereocenters. The third-order valence-electron chi connectivity index (χ3n) is 4.69. The van der Waals surface area contributed by atoms with Gasteiger partial charge >= 0.3 is 0 Å². The van der Waals surface area contributed by atoms with E-state index in [9.17, 15) is 9.90 Å². The van der Waals surface area contributed by atoms with Crippen molar-refractivity contribution < 1.29 is 9.90 Å². The maximum Gasteiger partial charge on any atom is 0.266 e. The molecule has 0 spiro atoms. The van der Waals surface area contributed by atoms with Crippen LogP contribution in [0.25, 0.3) is 10.9 Å². The van der Waals surface area contributed by atoms with Crippen molar-refractivity contribution in [1.82, 2.24) is 4.57 Å². The Morgan fingerprint density at radius 3 is 2.48 bits per heavy atom. The van der Waals surface area contributed by atoms with Crippen LogP contribution in [0, 0.1) is 0 Å². The van der Waals surface area contributed by atoms with Crippen molar-refractivity contribution in [1.29, 1.82) is 0 Å². The molecular formula is C23H19ClN2O2S. The number of halogens is 1. The Balaban J connectivity index is 1.91. The lowest BCUT2D eigenvalue weighted by Gasteiger charge is -2.11. The Labute approximate surface area is 177 Å². The second-order valence-electron chi connectivity index (χ2n) is 6.68. The molecule has 3 N–H and O–H groups in total. The van der Waals surface area contributed by atoms with E-state index in [2.05, 4.69) is 0 Å². The Kier molecular flexibility index (Phi) is 5.62. The van der Waals surface area contributed by atoms with Crippen LogP contribution in [0.3, 0.4) is 0 Å². The second-order valence-corrected chi connectivity index (χ2v) is 8.20. The van der Waals surface area contributed by atoms with Gasteiger partial charge in [-0.1, -0.05) is 65.8 Å². The average molecular weight is 423 g/mol. The number of hydrogen-bond donors (Lipinski definition) is 2. The van der Waals surface area contributed by atoms with E-state index in [1.54, 1.807) is 0 Å². The van der Waals surface area contributed by atoms with Crippen LogP contribution in [0.15, 0.2) is 82.6 Å². The maximum atomic E-state index is 12.5. The van der Waals surface area contributed by atoms with Gasteiger partial charge in [0.15, 0.2) is 0 Å². The number of aliphatic hydroxyl groups excluding tert-OH is 1. The monoisotopic (exact) mass is 422 g/mol. The summed E-state index contributed by atoms with van der Waals surface area (Å²) >= 11 is 7.77. The molecule has 0 saturated carbocycles. The van der Waals surface area contributed by atoms with Gasteiger partial charge in [0.25, 0.3) is 5.91 Å². The average Bonchev–Trinajstić information content (AvgIpc) is 3.01. The maximum absolute atomic E-state index is 12.5. The molecule has 0 aliphatic heterocycles. The normalized spacial score (nSPS) is 11.1. The number of amides is 1. The second kappa shape index (κ2) is 8.33. The van der Waals surface area contributed by atoms with E-state index in [1.165, 1.54) is 11.8 Å². The number of aromatic nitrogens is 1. The largest absolute Gasteiger partial charge is 0.392 e. The Hall–Kier alpha value is -2.73. The summed E-state index contributed by atoms with van der Waals surface area (Å²) < 4.78 is 1.93. The first kappa shape index (κ1) is 19.6. The minimum Gasteiger partial charge on any atom is -0.392 e. The van der Waals surface area contributed by atoms with Crippen LogP contribution in [-0.4, -0.2) is 15.6 Å². The van der Waals surface area contributed by atoms with Crippen molar-refractivity contribution in [3.63, 3.8) is 0 Å². The van der Waals surface area contributed by atoms with Crippen LogP contribution < -0.4 is 5.73 Å². The number of hydrogen-bond acceptors (Lipinski definition) is 3. The zero-order valence-electron chi connectivity index (χ0n) is 15.5. The Morgan fingerprint density at radius 2 is 1.76 bits per heavy atom. The number of nitrogens with two attached hydrogens (primary N) is 1. The summed E-state index contributed by atoms with van der Waals surface area (Å²) in [7, 11) is 0. The zero-order valence-corrected chi connectivity index (χ0v) is 17.1. The highest BCUT2D eigenvalue weighted by molar-refractivity contribution is 7.99. The molecule has 1 amide bonds. The summed E-state index contributed by atoms with van der Waals surface area (Å²) in [5.41, 5.74) is 8.96. The van der Waals surface area contributed by atoms with Crippen molar-refractivity contribution in [3.8, 4) is 0 Å². The zero-order chi connectivity index (χ0) is 20.4. The number of rotatable bonds is 6. The number of nitrogens with zero attached hydrogens (tertiary/aromatic N) is 1. The van der Waals surface area contributed by atoms with Crippen LogP contribution >= 0.6 is 23.4 Å². The van der Waals surface area contributed by atoms with Crippen LogP contribution in [0.1, 0.15) is 21.6 Å². The quantitative estimate of drug-likeness (QED) is 0.455. The van der Waals surface area contributed by atoms with E-state index in [-0.39, 0.29) is 6.61 Å². The first-order valence-corrected chi connectivity index (χ1v) is 10.3. The van der Waals surface area contributed by atoms with Gasteiger partial charge in [-0.2, -0.15) is 0 Å². The van der Waals surface area contributed by atoms with Gasteiger partial charge in [0.2, 0.25) is 0 Å². The predicted molar refractivity (Wildman–Crippen MR) is 117 cm³/mol. The molecule has 0 aliphatic carbocycles. The highest BCUT2D eigenvalue weighted by atomic mass is 35.5. The molecule has 0 bridgehead atoms. The molecule has 0 saturated heterocycles. The van der Waals surface area contributed by atoms with Gasteiger partial charge in [0.1, 0.15) is 5.69 Å². The fourth-order valence-electron chi connectivity index (χ4n) is 3.42. The molecule has 0 atom stereocenters. The van der Waals surface area contributed by atoms with Crippen LogP contribution in [0.5, 0.6) is 0 Å². The lowest BCUT2D eigenvalue weighted by molar-refractivity contribution is 0.0989. The fourth-order valence-corrected chi connectivity index (χ4v) is 4.71. The Morgan fingerprint density at radius 1 is 1.00 bits per heavy atom. The highest BCUT2D eigenvalue weighted by Crippen LogP contribution is 2.39. The number of carbonyl (C=O) groups is 1. The van der Waals surface area contributed by atoms with Crippen LogP contribution in [0.2, 0.25) is 5.02 Å². The third kappa shape index (κ3) is 4.03. The minimum absolute atomic E-state index is 0.0341. The lowest BCUT2D eigenvalue weighted by Crippen LogP contribution is -2.18. The van der Waals surface area contributed by atoms with Gasteiger partial charge < -0.3 is 15.4 Å². The van der Waals surface area contributed by atoms with Gasteiger partial charge in [-0.3, -0.25) is 4.79 Å². The first-order chi connectivity index (χ1) is 14.1. The van der Waals surface area contributed by atoms with E-state index in [0.717, 1.165) is 31.8 Å². The molecule has 4 rings (SSSR count). The summed E-state index contributed by atoms with van der Waals surface area (Å²) in [6.45, 7) is 0.424. The number of primary amides is 1. The van der Waals surface area contributed by atoms with E-state index in [1.807, 2.05) is 77.4 Å². The van der Waals surface area contributed by atoms with Gasteiger partial charge in [-0.15, -0.1) is 0 Å². The smallest absolute Gasteiger partial charge is 0.266 e.